The van der Waals surface area contributed by atoms with Gasteiger partial charge in [-0.25, -0.2) is 4.79 Å². The second kappa shape index (κ2) is 8.83. The Morgan fingerprint density at radius 1 is 1.23 bits per heavy atom. The summed E-state index contributed by atoms with van der Waals surface area (Å²) in [4.78, 5) is 24.8. The Morgan fingerprint density at radius 3 is 2.45 bits per heavy atom. The Hall–Kier alpha value is -1.49. The predicted molar refractivity (Wildman–Crippen MR) is 90.0 cm³/mol. The molecule has 0 aliphatic heterocycles. The number of amides is 1. The third-order valence-corrected chi connectivity index (χ3v) is 4.37. The van der Waals surface area contributed by atoms with E-state index in [2.05, 4.69) is 25.2 Å². The van der Waals surface area contributed by atoms with Crippen LogP contribution >= 0.6 is 11.8 Å². The molecule has 0 aliphatic carbocycles. The molecule has 0 radical (unpaired) electrons. The van der Waals surface area contributed by atoms with E-state index in [4.69, 9.17) is 4.74 Å². The number of hydrogen-bond acceptors (Lipinski definition) is 4. The van der Waals surface area contributed by atoms with Crippen molar-refractivity contribution in [1.29, 1.82) is 0 Å². The molecule has 0 unspecified atom stereocenters. The number of rotatable bonds is 7. The minimum absolute atomic E-state index is 0.153. The number of carbonyl (C=O) groups is 2. The van der Waals surface area contributed by atoms with Crippen molar-refractivity contribution in [3.63, 3.8) is 0 Å². The molecule has 0 spiro atoms. The molecule has 1 aromatic carbocycles. The van der Waals surface area contributed by atoms with E-state index in [-0.39, 0.29) is 11.7 Å². The van der Waals surface area contributed by atoms with Crippen molar-refractivity contribution in [3.8, 4) is 0 Å². The summed E-state index contributed by atoms with van der Waals surface area (Å²) in [6.07, 6.45) is 0.576. The minimum atomic E-state index is -0.571. The van der Waals surface area contributed by atoms with Crippen molar-refractivity contribution in [3.05, 3.63) is 29.3 Å². The first kappa shape index (κ1) is 18.6. The standard InChI is InChI=1S/C17H25NO3S/c1-11(2)8-15(17(20)21-5)18-16(19)10-22-14-7-6-12(3)13(4)9-14/h6-7,9,11,15H,8,10H2,1-5H3,(H,18,19)/t15-/m0/s1. The Morgan fingerprint density at radius 2 is 1.91 bits per heavy atom. The Kier molecular flexibility index (Phi) is 7.45. The average molecular weight is 323 g/mol. The van der Waals surface area contributed by atoms with Crippen molar-refractivity contribution in [1.82, 2.24) is 5.32 Å². The van der Waals surface area contributed by atoms with Crippen molar-refractivity contribution in [2.24, 2.45) is 5.92 Å². The minimum Gasteiger partial charge on any atom is -0.467 e. The fourth-order valence-corrected chi connectivity index (χ4v) is 2.82. The molecule has 0 bridgehead atoms. The number of hydrogen-bond donors (Lipinski definition) is 1. The fraction of sp³-hybridized carbons (Fsp3) is 0.529. The zero-order valence-corrected chi connectivity index (χ0v) is 14.8. The van der Waals surface area contributed by atoms with E-state index >= 15 is 0 Å². The Balaban J connectivity index is 2.56. The largest absolute Gasteiger partial charge is 0.467 e. The maximum atomic E-state index is 12.0. The molecule has 1 rings (SSSR count). The summed E-state index contributed by atoms with van der Waals surface area (Å²) in [6, 6.07) is 5.55. The lowest BCUT2D eigenvalue weighted by molar-refractivity contribution is -0.145. The first-order valence-corrected chi connectivity index (χ1v) is 8.39. The van der Waals surface area contributed by atoms with Crippen LogP contribution in [0.2, 0.25) is 0 Å². The van der Waals surface area contributed by atoms with Crippen LogP contribution in [0.4, 0.5) is 0 Å². The molecule has 1 amide bonds. The summed E-state index contributed by atoms with van der Waals surface area (Å²) in [5.41, 5.74) is 2.44. The van der Waals surface area contributed by atoms with E-state index in [1.165, 1.54) is 30.0 Å². The summed E-state index contributed by atoms with van der Waals surface area (Å²) < 4.78 is 4.75. The molecular formula is C17H25NO3S. The van der Waals surface area contributed by atoms with Crippen LogP contribution in [0.15, 0.2) is 23.1 Å². The molecule has 0 fully saturated rings. The van der Waals surface area contributed by atoms with Gasteiger partial charge in [-0.15, -0.1) is 11.8 Å². The summed E-state index contributed by atoms with van der Waals surface area (Å²) >= 11 is 1.47. The Bertz CT molecular complexity index is 529. The van der Waals surface area contributed by atoms with E-state index in [0.29, 0.717) is 12.3 Å². The van der Waals surface area contributed by atoms with Crippen LogP contribution in [0.5, 0.6) is 0 Å². The molecule has 0 saturated carbocycles. The van der Waals surface area contributed by atoms with E-state index < -0.39 is 12.0 Å². The van der Waals surface area contributed by atoms with Gasteiger partial charge in [-0.3, -0.25) is 4.79 Å². The number of esters is 1. The smallest absolute Gasteiger partial charge is 0.328 e. The summed E-state index contributed by atoms with van der Waals surface area (Å²) in [5.74, 6) is 0.0444. The molecule has 0 aromatic heterocycles. The van der Waals surface area contributed by atoms with Gasteiger partial charge in [0.15, 0.2) is 0 Å². The first-order chi connectivity index (χ1) is 10.3. The van der Waals surface area contributed by atoms with Crippen LogP contribution in [0.1, 0.15) is 31.4 Å². The number of ether oxygens (including phenoxy) is 1. The molecule has 1 aromatic rings. The summed E-state index contributed by atoms with van der Waals surface area (Å²) in [6.45, 7) is 8.12. The zero-order valence-electron chi connectivity index (χ0n) is 13.9. The highest BCUT2D eigenvalue weighted by Crippen LogP contribution is 2.21. The topological polar surface area (TPSA) is 55.4 Å². The van der Waals surface area contributed by atoms with Gasteiger partial charge >= 0.3 is 5.97 Å². The molecule has 122 valence electrons. The molecule has 1 N–H and O–H groups in total. The van der Waals surface area contributed by atoms with Crippen molar-refractivity contribution >= 4 is 23.6 Å². The van der Waals surface area contributed by atoms with Crippen LogP contribution < -0.4 is 5.32 Å². The van der Waals surface area contributed by atoms with Gasteiger partial charge in [0.05, 0.1) is 12.9 Å². The quantitative estimate of drug-likeness (QED) is 0.619. The highest BCUT2D eigenvalue weighted by Gasteiger charge is 2.22. The van der Waals surface area contributed by atoms with E-state index in [9.17, 15) is 9.59 Å². The van der Waals surface area contributed by atoms with Gasteiger partial charge in [0, 0.05) is 4.90 Å². The predicted octanol–water partition coefficient (Wildman–Crippen LogP) is 3.10. The summed E-state index contributed by atoms with van der Waals surface area (Å²) in [7, 11) is 1.34. The second-order valence-corrected chi connectivity index (χ2v) is 6.86. The lowest BCUT2D eigenvalue weighted by Crippen LogP contribution is -2.43. The zero-order chi connectivity index (χ0) is 16.7. The molecule has 4 nitrogen and oxygen atoms in total. The first-order valence-electron chi connectivity index (χ1n) is 7.40. The molecule has 1 atom stereocenters. The van der Waals surface area contributed by atoms with Crippen LogP contribution in [-0.2, 0) is 14.3 Å². The van der Waals surface area contributed by atoms with Crippen LogP contribution in [0, 0.1) is 19.8 Å². The molecule has 0 saturated heterocycles. The fourth-order valence-electron chi connectivity index (χ4n) is 2.02. The van der Waals surface area contributed by atoms with Gasteiger partial charge in [0.25, 0.3) is 0 Å². The van der Waals surface area contributed by atoms with Gasteiger partial charge in [-0.2, -0.15) is 0 Å². The monoisotopic (exact) mass is 323 g/mol. The molecule has 0 heterocycles. The van der Waals surface area contributed by atoms with Crippen molar-refractivity contribution in [2.45, 2.75) is 45.1 Å². The van der Waals surface area contributed by atoms with Gasteiger partial charge < -0.3 is 10.1 Å². The third kappa shape index (κ3) is 6.10. The Labute approximate surface area is 137 Å². The number of methoxy groups -OCH3 is 1. The lowest BCUT2D eigenvalue weighted by Gasteiger charge is -2.18. The summed E-state index contributed by atoms with van der Waals surface area (Å²) in [5, 5.41) is 2.76. The SMILES string of the molecule is COC(=O)[C@H](CC(C)C)NC(=O)CSc1ccc(C)c(C)c1. The average Bonchev–Trinajstić information content (AvgIpc) is 2.46. The van der Waals surface area contributed by atoms with Gasteiger partial charge in [-0.1, -0.05) is 19.9 Å². The molecule has 22 heavy (non-hydrogen) atoms. The second-order valence-electron chi connectivity index (χ2n) is 5.81. The van der Waals surface area contributed by atoms with E-state index in [1.807, 2.05) is 26.0 Å². The van der Waals surface area contributed by atoms with E-state index in [1.54, 1.807) is 0 Å². The lowest BCUT2D eigenvalue weighted by atomic mass is 10.0. The van der Waals surface area contributed by atoms with Crippen molar-refractivity contribution in [2.75, 3.05) is 12.9 Å². The highest BCUT2D eigenvalue weighted by atomic mass is 32.2. The maximum Gasteiger partial charge on any atom is 0.328 e. The van der Waals surface area contributed by atoms with E-state index in [0.717, 1.165) is 4.90 Å². The molecular weight excluding hydrogens is 298 g/mol. The van der Waals surface area contributed by atoms with Gasteiger partial charge in [-0.05, 0) is 49.4 Å². The molecule has 0 aliphatic rings. The number of benzene rings is 1. The number of nitrogens with one attached hydrogen (secondary N) is 1. The molecule has 5 heteroatoms. The number of carbonyl (C=O) groups excluding carboxylic acids is 2. The van der Waals surface area contributed by atoms with Crippen LogP contribution in [0.3, 0.4) is 0 Å². The third-order valence-electron chi connectivity index (χ3n) is 3.38. The van der Waals surface area contributed by atoms with Crippen LogP contribution in [0.25, 0.3) is 0 Å². The van der Waals surface area contributed by atoms with Crippen LogP contribution in [-0.4, -0.2) is 30.8 Å². The van der Waals surface area contributed by atoms with Crippen molar-refractivity contribution < 1.29 is 14.3 Å². The normalized spacial score (nSPS) is 12.1. The van der Waals surface area contributed by atoms with Gasteiger partial charge in [0.1, 0.15) is 6.04 Å². The number of thioether (sulfide) groups is 1. The maximum absolute atomic E-state index is 12.0. The van der Waals surface area contributed by atoms with Gasteiger partial charge in [0.2, 0.25) is 5.91 Å². The number of aryl methyl sites for hydroxylation is 2. The highest BCUT2D eigenvalue weighted by molar-refractivity contribution is 8.00.